The average molecular weight is 284 g/mol. The number of rotatable bonds is 3. The fourth-order valence-electron chi connectivity index (χ4n) is 1.41. The number of hydrogen-bond acceptors (Lipinski definition) is 2. The lowest BCUT2D eigenvalue weighted by Crippen LogP contribution is -2.58. The average Bonchev–Trinajstić information content (AvgIpc) is 2.23. The van der Waals surface area contributed by atoms with E-state index in [1.807, 2.05) is 24.3 Å². The van der Waals surface area contributed by atoms with Gasteiger partial charge in [-0.1, -0.05) is 28.1 Å². The summed E-state index contributed by atoms with van der Waals surface area (Å²) in [5.41, 5.74) is 1.09. The van der Waals surface area contributed by atoms with E-state index < -0.39 is 0 Å². The van der Waals surface area contributed by atoms with Crippen molar-refractivity contribution in [3.63, 3.8) is 0 Å². The second-order valence-electron chi connectivity index (χ2n) is 3.81. The van der Waals surface area contributed by atoms with E-state index in [2.05, 4.69) is 31.9 Å². The smallest absolute Gasteiger partial charge is 0.315 e. The first-order valence-electron chi connectivity index (χ1n) is 5.23. The SMILES string of the molecule is O=C(NCc1ccc(Br)cc1)NC1CNC1. The molecule has 4 nitrogen and oxygen atoms in total. The summed E-state index contributed by atoms with van der Waals surface area (Å²) < 4.78 is 1.04. The first-order chi connectivity index (χ1) is 7.74. The maximum atomic E-state index is 11.4. The molecule has 2 amide bonds. The zero-order chi connectivity index (χ0) is 11.4. The van der Waals surface area contributed by atoms with Crippen LogP contribution in [0.4, 0.5) is 4.79 Å². The quantitative estimate of drug-likeness (QED) is 0.781. The van der Waals surface area contributed by atoms with Crippen LogP contribution in [0.5, 0.6) is 0 Å². The summed E-state index contributed by atoms with van der Waals surface area (Å²) in [5, 5.41) is 8.80. The third-order valence-corrected chi connectivity index (χ3v) is 3.01. The highest BCUT2D eigenvalue weighted by atomic mass is 79.9. The molecular formula is C11H14BrN3O. The molecule has 1 fully saturated rings. The van der Waals surface area contributed by atoms with Crippen LogP contribution in [0.25, 0.3) is 0 Å². The van der Waals surface area contributed by atoms with Crippen LogP contribution in [0.1, 0.15) is 5.56 Å². The van der Waals surface area contributed by atoms with Crippen molar-refractivity contribution in [1.82, 2.24) is 16.0 Å². The van der Waals surface area contributed by atoms with E-state index in [-0.39, 0.29) is 12.1 Å². The molecule has 1 saturated heterocycles. The minimum absolute atomic E-state index is 0.102. The van der Waals surface area contributed by atoms with Crippen molar-refractivity contribution in [2.24, 2.45) is 0 Å². The number of nitrogens with one attached hydrogen (secondary N) is 3. The predicted molar refractivity (Wildman–Crippen MR) is 66.2 cm³/mol. The fourth-order valence-corrected chi connectivity index (χ4v) is 1.68. The van der Waals surface area contributed by atoms with Gasteiger partial charge in [0.2, 0.25) is 0 Å². The van der Waals surface area contributed by atoms with E-state index in [1.165, 1.54) is 0 Å². The number of carbonyl (C=O) groups excluding carboxylic acids is 1. The number of halogens is 1. The van der Waals surface area contributed by atoms with E-state index in [4.69, 9.17) is 0 Å². The van der Waals surface area contributed by atoms with Gasteiger partial charge in [-0.15, -0.1) is 0 Å². The highest BCUT2D eigenvalue weighted by Crippen LogP contribution is 2.10. The molecule has 5 heteroatoms. The van der Waals surface area contributed by atoms with Crippen molar-refractivity contribution in [2.75, 3.05) is 13.1 Å². The molecule has 16 heavy (non-hydrogen) atoms. The molecule has 0 spiro atoms. The Kier molecular flexibility index (Phi) is 3.79. The standard InChI is InChI=1S/C11H14BrN3O/c12-9-3-1-8(2-4-9)5-14-11(16)15-10-6-13-7-10/h1-4,10,13H,5-7H2,(H2,14,15,16). The predicted octanol–water partition coefficient (Wildman–Crippen LogP) is 1.22. The summed E-state index contributed by atoms with van der Waals surface area (Å²) in [6.07, 6.45) is 0. The Hall–Kier alpha value is -1.07. The molecule has 1 aliphatic heterocycles. The van der Waals surface area contributed by atoms with Gasteiger partial charge in [-0.25, -0.2) is 4.79 Å². The second-order valence-corrected chi connectivity index (χ2v) is 4.72. The number of urea groups is 1. The highest BCUT2D eigenvalue weighted by molar-refractivity contribution is 9.10. The lowest BCUT2D eigenvalue weighted by Gasteiger charge is -2.27. The zero-order valence-corrected chi connectivity index (χ0v) is 10.4. The van der Waals surface area contributed by atoms with Gasteiger partial charge in [0.15, 0.2) is 0 Å². The van der Waals surface area contributed by atoms with Crippen molar-refractivity contribution in [3.8, 4) is 0 Å². The molecule has 1 aromatic carbocycles. The zero-order valence-electron chi connectivity index (χ0n) is 8.79. The third-order valence-electron chi connectivity index (χ3n) is 2.48. The second kappa shape index (κ2) is 5.32. The maximum absolute atomic E-state index is 11.4. The van der Waals surface area contributed by atoms with Gasteiger partial charge in [-0.2, -0.15) is 0 Å². The Labute approximate surface area is 103 Å². The summed E-state index contributed by atoms with van der Waals surface area (Å²) in [6.45, 7) is 2.29. The van der Waals surface area contributed by atoms with Crippen LogP contribution < -0.4 is 16.0 Å². The van der Waals surface area contributed by atoms with Gasteiger partial charge < -0.3 is 16.0 Å². The lowest BCUT2D eigenvalue weighted by molar-refractivity contribution is 0.231. The molecule has 3 N–H and O–H groups in total. The molecule has 1 aromatic rings. The maximum Gasteiger partial charge on any atom is 0.315 e. The minimum atomic E-state index is -0.102. The van der Waals surface area contributed by atoms with Crippen molar-refractivity contribution in [2.45, 2.75) is 12.6 Å². The molecule has 0 bridgehead atoms. The largest absolute Gasteiger partial charge is 0.334 e. The molecule has 86 valence electrons. The molecule has 2 rings (SSSR count). The van der Waals surface area contributed by atoms with Gasteiger partial charge >= 0.3 is 6.03 Å². The minimum Gasteiger partial charge on any atom is -0.334 e. The molecule has 0 atom stereocenters. The summed E-state index contributed by atoms with van der Waals surface area (Å²) >= 11 is 3.37. The van der Waals surface area contributed by atoms with E-state index in [9.17, 15) is 4.79 Å². The number of hydrogen-bond donors (Lipinski definition) is 3. The van der Waals surface area contributed by atoms with Crippen molar-refractivity contribution in [1.29, 1.82) is 0 Å². The summed E-state index contributed by atoms with van der Waals surface area (Å²) in [6, 6.07) is 8.07. The van der Waals surface area contributed by atoms with Crippen LogP contribution in [-0.2, 0) is 6.54 Å². The Morgan fingerprint density at radius 1 is 1.38 bits per heavy atom. The van der Waals surface area contributed by atoms with Crippen LogP contribution in [0.2, 0.25) is 0 Å². The van der Waals surface area contributed by atoms with E-state index >= 15 is 0 Å². The summed E-state index contributed by atoms with van der Waals surface area (Å²) in [7, 11) is 0. The lowest BCUT2D eigenvalue weighted by atomic mass is 10.2. The van der Waals surface area contributed by atoms with Gasteiger partial charge in [0.25, 0.3) is 0 Å². The monoisotopic (exact) mass is 283 g/mol. The molecule has 0 aromatic heterocycles. The summed E-state index contributed by atoms with van der Waals surface area (Å²) in [4.78, 5) is 11.4. The molecule has 1 aliphatic rings. The molecule has 0 saturated carbocycles. The van der Waals surface area contributed by atoms with Crippen LogP contribution in [0, 0.1) is 0 Å². The van der Waals surface area contributed by atoms with E-state index in [1.54, 1.807) is 0 Å². The number of benzene rings is 1. The normalized spacial score (nSPS) is 15.3. The van der Waals surface area contributed by atoms with Crippen LogP contribution in [0.15, 0.2) is 28.7 Å². The molecule has 0 unspecified atom stereocenters. The first kappa shape index (κ1) is 11.4. The molecular weight excluding hydrogens is 270 g/mol. The Morgan fingerprint density at radius 3 is 2.62 bits per heavy atom. The fraction of sp³-hybridized carbons (Fsp3) is 0.364. The van der Waals surface area contributed by atoms with Crippen LogP contribution in [-0.4, -0.2) is 25.2 Å². The van der Waals surface area contributed by atoms with Gasteiger partial charge in [-0.3, -0.25) is 0 Å². The molecule has 0 radical (unpaired) electrons. The number of amides is 2. The summed E-state index contributed by atoms with van der Waals surface area (Å²) in [5.74, 6) is 0. The van der Waals surface area contributed by atoms with E-state index in [0.717, 1.165) is 23.1 Å². The van der Waals surface area contributed by atoms with Gasteiger partial charge in [0.05, 0.1) is 6.04 Å². The Balaban J connectivity index is 1.73. The van der Waals surface area contributed by atoms with Crippen molar-refractivity contribution >= 4 is 22.0 Å². The van der Waals surface area contributed by atoms with Gasteiger partial charge in [-0.05, 0) is 17.7 Å². The van der Waals surface area contributed by atoms with Crippen LogP contribution >= 0.6 is 15.9 Å². The number of carbonyl (C=O) groups is 1. The third kappa shape index (κ3) is 3.21. The highest BCUT2D eigenvalue weighted by Gasteiger charge is 2.18. The first-order valence-corrected chi connectivity index (χ1v) is 6.03. The topological polar surface area (TPSA) is 53.2 Å². The van der Waals surface area contributed by atoms with Crippen LogP contribution in [0.3, 0.4) is 0 Å². The Bertz CT molecular complexity index is 362. The van der Waals surface area contributed by atoms with E-state index in [0.29, 0.717) is 6.54 Å². The molecule has 1 heterocycles. The van der Waals surface area contributed by atoms with Crippen molar-refractivity contribution in [3.05, 3.63) is 34.3 Å². The van der Waals surface area contributed by atoms with Gasteiger partial charge in [0, 0.05) is 24.1 Å². The van der Waals surface area contributed by atoms with Crippen molar-refractivity contribution < 1.29 is 4.79 Å². The Morgan fingerprint density at radius 2 is 2.06 bits per heavy atom. The van der Waals surface area contributed by atoms with Gasteiger partial charge in [0.1, 0.15) is 0 Å². The molecule has 0 aliphatic carbocycles.